The number of hydrogen-bond acceptors (Lipinski definition) is 2. The SMILES string of the molecule is CC(C)(C)[S@](=O)N=C(C(=O)O)c1cccc(Br)c1. The summed E-state index contributed by atoms with van der Waals surface area (Å²) in [5.41, 5.74) is 0.235. The third kappa shape index (κ3) is 4.03. The Morgan fingerprint density at radius 3 is 2.44 bits per heavy atom. The van der Waals surface area contributed by atoms with Gasteiger partial charge in [-0.05, 0) is 32.9 Å². The summed E-state index contributed by atoms with van der Waals surface area (Å²) in [5.74, 6) is -1.19. The number of carboxylic acid groups (broad SMARTS) is 1. The summed E-state index contributed by atoms with van der Waals surface area (Å²) in [7, 11) is -1.60. The van der Waals surface area contributed by atoms with E-state index in [0.717, 1.165) is 4.47 Å². The van der Waals surface area contributed by atoms with Crippen LogP contribution in [0.5, 0.6) is 0 Å². The van der Waals surface area contributed by atoms with Crippen LogP contribution in [0.4, 0.5) is 0 Å². The second-order valence-corrected chi connectivity index (χ2v) is 7.44. The summed E-state index contributed by atoms with van der Waals surface area (Å²) in [6.45, 7) is 5.23. The standard InChI is InChI=1S/C12H14BrNO3S/c1-12(2,3)18(17)14-10(11(15)16)8-5-4-6-9(13)7-8/h4-7H,1-3H3,(H,15,16)/t18-/m0/s1. The molecule has 18 heavy (non-hydrogen) atoms. The molecule has 0 saturated heterocycles. The van der Waals surface area contributed by atoms with Crippen LogP contribution in [-0.2, 0) is 15.8 Å². The zero-order valence-corrected chi connectivity index (χ0v) is 12.7. The van der Waals surface area contributed by atoms with Gasteiger partial charge < -0.3 is 5.11 Å². The van der Waals surface area contributed by atoms with Crippen LogP contribution < -0.4 is 0 Å². The molecule has 0 aromatic heterocycles. The number of benzene rings is 1. The van der Waals surface area contributed by atoms with Gasteiger partial charge in [0.15, 0.2) is 5.71 Å². The number of nitrogens with zero attached hydrogens (tertiary/aromatic N) is 1. The Kier molecular flexibility index (Phi) is 4.81. The van der Waals surface area contributed by atoms with Crippen LogP contribution >= 0.6 is 15.9 Å². The van der Waals surface area contributed by atoms with Crippen LogP contribution in [-0.4, -0.2) is 25.7 Å². The van der Waals surface area contributed by atoms with Crippen molar-refractivity contribution in [2.24, 2.45) is 4.40 Å². The van der Waals surface area contributed by atoms with Gasteiger partial charge >= 0.3 is 5.97 Å². The first-order valence-corrected chi connectivity index (χ1v) is 7.11. The normalized spacial score (nSPS) is 14.3. The molecule has 0 saturated carbocycles. The lowest BCUT2D eigenvalue weighted by atomic mass is 10.1. The molecule has 0 bridgehead atoms. The van der Waals surface area contributed by atoms with Crippen molar-refractivity contribution in [3.63, 3.8) is 0 Å². The van der Waals surface area contributed by atoms with Crippen LogP contribution in [0, 0.1) is 0 Å². The van der Waals surface area contributed by atoms with Crippen LogP contribution in [0.1, 0.15) is 26.3 Å². The van der Waals surface area contributed by atoms with Gasteiger partial charge in [-0.1, -0.05) is 28.1 Å². The topological polar surface area (TPSA) is 66.7 Å². The van der Waals surface area contributed by atoms with E-state index in [0.29, 0.717) is 5.56 Å². The molecule has 1 atom stereocenters. The average Bonchev–Trinajstić information content (AvgIpc) is 2.23. The summed E-state index contributed by atoms with van der Waals surface area (Å²) < 4.78 is 15.9. The van der Waals surface area contributed by atoms with E-state index in [1.165, 1.54) is 0 Å². The lowest BCUT2D eigenvalue weighted by Gasteiger charge is -2.14. The predicted molar refractivity (Wildman–Crippen MR) is 76.2 cm³/mol. The van der Waals surface area contributed by atoms with E-state index in [-0.39, 0.29) is 5.71 Å². The Labute approximate surface area is 117 Å². The van der Waals surface area contributed by atoms with Crippen molar-refractivity contribution in [3.8, 4) is 0 Å². The van der Waals surface area contributed by atoms with E-state index < -0.39 is 21.7 Å². The van der Waals surface area contributed by atoms with Crippen LogP contribution in [0.3, 0.4) is 0 Å². The van der Waals surface area contributed by atoms with E-state index in [1.807, 2.05) is 0 Å². The molecule has 4 nitrogen and oxygen atoms in total. The van der Waals surface area contributed by atoms with Gasteiger partial charge in [-0.15, -0.1) is 0 Å². The number of carboxylic acids is 1. The molecule has 6 heteroatoms. The summed E-state index contributed by atoms with van der Waals surface area (Å²) >= 11 is 3.26. The quantitative estimate of drug-likeness (QED) is 0.866. The summed E-state index contributed by atoms with van der Waals surface area (Å²) in [6, 6.07) is 6.74. The molecule has 0 radical (unpaired) electrons. The second kappa shape index (κ2) is 5.75. The van der Waals surface area contributed by atoms with Gasteiger partial charge in [-0.2, -0.15) is 4.40 Å². The Balaban J connectivity index is 3.24. The Bertz CT molecular complexity index is 520. The zero-order chi connectivity index (χ0) is 13.9. The molecule has 1 aromatic rings. The molecule has 0 fully saturated rings. The molecule has 0 aliphatic rings. The first-order chi connectivity index (χ1) is 8.21. The minimum absolute atomic E-state index is 0.190. The lowest BCUT2D eigenvalue weighted by molar-refractivity contribution is -0.129. The van der Waals surface area contributed by atoms with Crippen molar-refractivity contribution in [1.82, 2.24) is 0 Å². The van der Waals surface area contributed by atoms with Gasteiger partial charge in [0.25, 0.3) is 0 Å². The average molecular weight is 332 g/mol. The highest BCUT2D eigenvalue weighted by Gasteiger charge is 2.22. The first-order valence-electron chi connectivity index (χ1n) is 5.22. The molecular weight excluding hydrogens is 318 g/mol. The highest BCUT2D eigenvalue weighted by Crippen LogP contribution is 2.16. The van der Waals surface area contributed by atoms with Gasteiger partial charge in [0, 0.05) is 10.0 Å². The molecule has 0 amide bonds. The molecule has 0 unspecified atom stereocenters. The smallest absolute Gasteiger partial charge is 0.355 e. The number of halogens is 1. The number of aliphatic carboxylic acids is 1. The van der Waals surface area contributed by atoms with E-state index in [2.05, 4.69) is 20.3 Å². The van der Waals surface area contributed by atoms with E-state index in [9.17, 15) is 9.00 Å². The van der Waals surface area contributed by atoms with Crippen molar-refractivity contribution >= 4 is 38.6 Å². The molecule has 1 aromatic carbocycles. The maximum atomic E-state index is 11.9. The third-order valence-electron chi connectivity index (χ3n) is 2.00. The minimum atomic E-state index is -1.60. The monoisotopic (exact) mass is 331 g/mol. The first kappa shape index (κ1) is 15.0. The van der Waals surface area contributed by atoms with Gasteiger partial charge in [0.2, 0.25) is 0 Å². The van der Waals surface area contributed by atoms with Gasteiger partial charge in [-0.25, -0.2) is 9.00 Å². The third-order valence-corrected chi connectivity index (χ3v) is 3.89. The maximum absolute atomic E-state index is 11.9. The Hall–Kier alpha value is -1.01. The number of hydrogen-bond donors (Lipinski definition) is 1. The van der Waals surface area contributed by atoms with Gasteiger partial charge in [0.1, 0.15) is 11.0 Å². The van der Waals surface area contributed by atoms with Crippen molar-refractivity contribution in [2.75, 3.05) is 0 Å². The largest absolute Gasteiger partial charge is 0.476 e. The van der Waals surface area contributed by atoms with Crippen LogP contribution in [0.15, 0.2) is 33.1 Å². The van der Waals surface area contributed by atoms with E-state index in [4.69, 9.17) is 5.11 Å². The highest BCUT2D eigenvalue weighted by molar-refractivity contribution is 9.10. The van der Waals surface area contributed by atoms with E-state index in [1.54, 1.807) is 45.0 Å². The Morgan fingerprint density at radius 1 is 1.39 bits per heavy atom. The molecule has 0 spiro atoms. The van der Waals surface area contributed by atoms with Crippen molar-refractivity contribution in [2.45, 2.75) is 25.5 Å². The van der Waals surface area contributed by atoms with Crippen molar-refractivity contribution in [3.05, 3.63) is 34.3 Å². The summed E-state index contributed by atoms with van der Waals surface area (Å²) in [6.07, 6.45) is 0. The fraction of sp³-hybridized carbons (Fsp3) is 0.333. The minimum Gasteiger partial charge on any atom is -0.476 e. The fourth-order valence-electron chi connectivity index (χ4n) is 1.07. The molecule has 1 N–H and O–H groups in total. The number of rotatable bonds is 3. The molecular formula is C12H14BrNO3S. The van der Waals surface area contributed by atoms with Crippen molar-refractivity contribution < 1.29 is 14.1 Å². The highest BCUT2D eigenvalue weighted by atomic mass is 79.9. The molecule has 0 heterocycles. The second-order valence-electron chi connectivity index (χ2n) is 4.62. The molecule has 0 aliphatic heterocycles. The van der Waals surface area contributed by atoms with Crippen LogP contribution in [0.2, 0.25) is 0 Å². The van der Waals surface area contributed by atoms with E-state index >= 15 is 0 Å². The summed E-state index contributed by atoms with van der Waals surface area (Å²) in [4.78, 5) is 11.2. The number of carbonyl (C=O) groups is 1. The van der Waals surface area contributed by atoms with Gasteiger partial charge in [0.05, 0.1) is 4.75 Å². The van der Waals surface area contributed by atoms with Gasteiger partial charge in [-0.3, -0.25) is 0 Å². The predicted octanol–water partition coefficient (Wildman–Crippen LogP) is 2.79. The fourth-order valence-corrected chi connectivity index (χ4v) is 2.09. The zero-order valence-electron chi connectivity index (χ0n) is 10.3. The Morgan fingerprint density at radius 2 is 2.00 bits per heavy atom. The molecule has 98 valence electrons. The molecule has 1 rings (SSSR count). The maximum Gasteiger partial charge on any atom is 0.355 e. The summed E-state index contributed by atoms with van der Waals surface area (Å²) in [5, 5.41) is 9.15. The molecule has 0 aliphatic carbocycles. The lowest BCUT2D eigenvalue weighted by Crippen LogP contribution is -2.23. The van der Waals surface area contributed by atoms with Crippen molar-refractivity contribution in [1.29, 1.82) is 0 Å². The van der Waals surface area contributed by atoms with Crippen LogP contribution in [0.25, 0.3) is 0 Å².